The number of carbonyl (C=O) groups excluding carboxylic acids is 1. The van der Waals surface area contributed by atoms with Crippen LogP contribution in [0, 0.1) is 6.92 Å². The Bertz CT molecular complexity index is 780. The van der Waals surface area contributed by atoms with Crippen LogP contribution in [0.5, 0.6) is 0 Å². The van der Waals surface area contributed by atoms with Gasteiger partial charge in [0.15, 0.2) is 0 Å². The Labute approximate surface area is 162 Å². The minimum absolute atomic E-state index is 0.0414. The first-order valence-corrected chi connectivity index (χ1v) is 9.60. The molecule has 1 N–H and O–H groups in total. The highest BCUT2D eigenvalue weighted by atomic mass is 16.2. The van der Waals surface area contributed by atoms with Gasteiger partial charge in [0.05, 0.1) is 11.4 Å². The lowest BCUT2D eigenvalue weighted by Gasteiger charge is -2.34. The zero-order valence-electron chi connectivity index (χ0n) is 17.1. The van der Waals surface area contributed by atoms with Crippen molar-refractivity contribution >= 4 is 11.7 Å². The number of piperazine rings is 1. The number of aromatic nitrogens is 2. The lowest BCUT2D eigenvalue weighted by molar-refractivity contribution is 0.143. The molecule has 6 heteroatoms. The highest BCUT2D eigenvalue weighted by molar-refractivity contribution is 5.89. The fraction of sp³-hybridized carbons (Fsp3) is 0.524. The molecule has 0 bridgehead atoms. The molecule has 1 fully saturated rings. The van der Waals surface area contributed by atoms with E-state index in [2.05, 4.69) is 60.4 Å². The van der Waals surface area contributed by atoms with Crippen LogP contribution in [0.1, 0.15) is 37.6 Å². The topological polar surface area (TPSA) is 53.4 Å². The second-order valence-electron chi connectivity index (χ2n) is 8.44. The van der Waals surface area contributed by atoms with Gasteiger partial charge in [0.1, 0.15) is 0 Å². The molecule has 2 amide bonds. The zero-order chi connectivity index (χ0) is 19.6. The average Bonchev–Trinajstić information content (AvgIpc) is 2.92. The summed E-state index contributed by atoms with van der Waals surface area (Å²) in [7, 11) is 1.86. The van der Waals surface area contributed by atoms with E-state index in [9.17, 15) is 4.79 Å². The summed E-state index contributed by atoms with van der Waals surface area (Å²) in [5, 5.41) is 7.24. The average molecular weight is 370 g/mol. The third-order valence-corrected chi connectivity index (χ3v) is 5.14. The van der Waals surface area contributed by atoms with Gasteiger partial charge < -0.3 is 10.2 Å². The van der Waals surface area contributed by atoms with Crippen LogP contribution in [0.2, 0.25) is 0 Å². The number of hydrogen-bond acceptors (Lipinski definition) is 3. The quantitative estimate of drug-likeness (QED) is 0.902. The van der Waals surface area contributed by atoms with Gasteiger partial charge in [-0.05, 0) is 23.5 Å². The predicted octanol–water partition coefficient (Wildman–Crippen LogP) is 3.38. The minimum Gasteiger partial charge on any atom is -0.322 e. The van der Waals surface area contributed by atoms with Crippen LogP contribution in [-0.2, 0) is 19.0 Å². The van der Waals surface area contributed by atoms with E-state index < -0.39 is 0 Å². The molecule has 6 nitrogen and oxygen atoms in total. The first-order valence-electron chi connectivity index (χ1n) is 9.60. The van der Waals surface area contributed by atoms with Crippen molar-refractivity contribution in [3.05, 3.63) is 47.3 Å². The Morgan fingerprint density at radius 2 is 1.74 bits per heavy atom. The summed E-state index contributed by atoms with van der Waals surface area (Å²) in [5.41, 5.74) is 4.49. The maximum Gasteiger partial charge on any atom is 0.322 e. The first kappa shape index (κ1) is 19.4. The van der Waals surface area contributed by atoms with Crippen molar-refractivity contribution in [1.82, 2.24) is 19.6 Å². The van der Waals surface area contributed by atoms with Gasteiger partial charge in [-0.2, -0.15) is 5.10 Å². The van der Waals surface area contributed by atoms with Gasteiger partial charge in [0.25, 0.3) is 0 Å². The van der Waals surface area contributed by atoms with Crippen molar-refractivity contribution in [1.29, 1.82) is 0 Å². The number of aryl methyl sites for hydroxylation is 2. The van der Waals surface area contributed by atoms with Crippen LogP contribution in [0.25, 0.3) is 0 Å². The van der Waals surface area contributed by atoms with Crippen molar-refractivity contribution < 1.29 is 4.79 Å². The number of amides is 2. The first-order chi connectivity index (χ1) is 12.7. The fourth-order valence-electron chi connectivity index (χ4n) is 3.39. The summed E-state index contributed by atoms with van der Waals surface area (Å²) in [6.07, 6.45) is 1.84. The van der Waals surface area contributed by atoms with Gasteiger partial charge >= 0.3 is 6.03 Å². The number of carbonyl (C=O) groups is 1. The van der Waals surface area contributed by atoms with Gasteiger partial charge in [0, 0.05) is 46.0 Å². The molecule has 0 saturated carbocycles. The normalized spacial score (nSPS) is 15.8. The zero-order valence-corrected chi connectivity index (χ0v) is 17.1. The smallest absolute Gasteiger partial charge is 0.322 e. The summed E-state index contributed by atoms with van der Waals surface area (Å²) in [6, 6.07) is 8.88. The molecule has 1 saturated heterocycles. The highest BCUT2D eigenvalue weighted by Gasteiger charge is 2.22. The number of urea groups is 1. The monoisotopic (exact) mass is 369 g/mol. The van der Waals surface area contributed by atoms with Crippen molar-refractivity contribution in [2.45, 2.75) is 39.7 Å². The number of nitrogens with one attached hydrogen (secondary N) is 1. The molecule has 1 aromatic heterocycles. The summed E-state index contributed by atoms with van der Waals surface area (Å²) >= 11 is 0. The molecule has 2 aromatic rings. The summed E-state index contributed by atoms with van der Waals surface area (Å²) in [6.45, 7) is 12.8. The molecule has 27 heavy (non-hydrogen) atoms. The standard InChI is InChI=1S/C21H31N5O/c1-16-19(15-24(5)23-16)22-20(27)26-12-10-25(11-13-26)14-17-6-8-18(9-7-17)21(2,3)4/h6-9,15H,10-14H2,1-5H3,(H,22,27). The summed E-state index contributed by atoms with van der Waals surface area (Å²) in [4.78, 5) is 16.8. The molecule has 0 spiro atoms. The van der Waals surface area contributed by atoms with E-state index in [1.807, 2.05) is 25.1 Å². The van der Waals surface area contributed by atoms with Gasteiger partial charge in [-0.25, -0.2) is 4.79 Å². The second kappa shape index (κ2) is 7.72. The highest BCUT2D eigenvalue weighted by Crippen LogP contribution is 2.22. The number of benzene rings is 1. The number of nitrogens with zero attached hydrogens (tertiary/aromatic N) is 4. The Kier molecular flexibility index (Phi) is 5.56. The lowest BCUT2D eigenvalue weighted by Crippen LogP contribution is -2.49. The molecule has 1 aliphatic heterocycles. The van der Waals surface area contributed by atoms with Crippen LogP contribution in [0.4, 0.5) is 10.5 Å². The maximum absolute atomic E-state index is 12.5. The van der Waals surface area contributed by atoms with E-state index in [-0.39, 0.29) is 11.4 Å². The Morgan fingerprint density at radius 3 is 2.26 bits per heavy atom. The summed E-state index contributed by atoms with van der Waals surface area (Å²) < 4.78 is 1.72. The molecule has 3 rings (SSSR count). The molecule has 2 heterocycles. The van der Waals surface area contributed by atoms with Crippen LogP contribution in [0.15, 0.2) is 30.5 Å². The molecule has 0 radical (unpaired) electrons. The molecule has 0 unspecified atom stereocenters. The van der Waals surface area contributed by atoms with E-state index >= 15 is 0 Å². The van der Waals surface area contributed by atoms with Crippen LogP contribution >= 0.6 is 0 Å². The van der Waals surface area contributed by atoms with E-state index in [0.717, 1.165) is 44.1 Å². The van der Waals surface area contributed by atoms with E-state index in [4.69, 9.17) is 0 Å². The molecule has 0 atom stereocenters. The van der Waals surface area contributed by atoms with Crippen LogP contribution in [-0.4, -0.2) is 51.8 Å². The second-order valence-corrected chi connectivity index (χ2v) is 8.44. The Morgan fingerprint density at radius 1 is 1.11 bits per heavy atom. The number of rotatable bonds is 3. The third kappa shape index (κ3) is 4.89. The van der Waals surface area contributed by atoms with Gasteiger partial charge in [-0.3, -0.25) is 9.58 Å². The third-order valence-electron chi connectivity index (χ3n) is 5.14. The van der Waals surface area contributed by atoms with E-state index in [1.54, 1.807) is 4.68 Å². The van der Waals surface area contributed by atoms with Crippen molar-refractivity contribution in [3.8, 4) is 0 Å². The van der Waals surface area contributed by atoms with Crippen molar-refractivity contribution in [2.24, 2.45) is 7.05 Å². The number of anilines is 1. The van der Waals surface area contributed by atoms with E-state index in [1.165, 1.54) is 11.1 Å². The SMILES string of the molecule is Cc1nn(C)cc1NC(=O)N1CCN(Cc2ccc(C(C)(C)C)cc2)CC1. The lowest BCUT2D eigenvalue weighted by atomic mass is 9.87. The molecule has 0 aliphatic carbocycles. The molecule has 1 aromatic carbocycles. The fourth-order valence-corrected chi connectivity index (χ4v) is 3.39. The molecule has 1 aliphatic rings. The minimum atomic E-state index is -0.0414. The van der Waals surface area contributed by atoms with Gasteiger partial charge in [-0.1, -0.05) is 45.0 Å². The number of hydrogen-bond donors (Lipinski definition) is 1. The predicted molar refractivity (Wildman–Crippen MR) is 109 cm³/mol. The molecular weight excluding hydrogens is 338 g/mol. The van der Waals surface area contributed by atoms with Crippen LogP contribution < -0.4 is 5.32 Å². The molecular formula is C21H31N5O. The largest absolute Gasteiger partial charge is 0.322 e. The Hall–Kier alpha value is -2.34. The summed E-state index contributed by atoms with van der Waals surface area (Å²) in [5.74, 6) is 0. The van der Waals surface area contributed by atoms with Gasteiger partial charge in [-0.15, -0.1) is 0 Å². The molecule has 146 valence electrons. The van der Waals surface area contributed by atoms with Crippen LogP contribution in [0.3, 0.4) is 0 Å². The van der Waals surface area contributed by atoms with Crippen molar-refractivity contribution in [3.63, 3.8) is 0 Å². The Balaban J connectivity index is 1.50. The van der Waals surface area contributed by atoms with Gasteiger partial charge in [0.2, 0.25) is 0 Å². The van der Waals surface area contributed by atoms with Crippen molar-refractivity contribution in [2.75, 3.05) is 31.5 Å². The maximum atomic E-state index is 12.5. The van der Waals surface area contributed by atoms with E-state index in [0.29, 0.717) is 0 Å².